The number of piperidine rings is 1. The summed E-state index contributed by atoms with van der Waals surface area (Å²) >= 11 is 3.54. The number of hydrogen-bond donors (Lipinski definition) is 3. The summed E-state index contributed by atoms with van der Waals surface area (Å²) in [5.41, 5.74) is 3.02. The lowest BCUT2D eigenvalue weighted by Gasteiger charge is -2.32. The summed E-state index contributed by atoms with van der Waals surface area (Å²) in [6.07, 6.45) is 6.82. The number of halogens is 1. The maximum Gasteiger partial charge on any atom is 0.254 e. The maximum atomic E-state index is 12.9. The number of aromatic nitrogens is 4. The number of carbonyl (C=O) groups excluding carboxylic acids is 1. The van der Waals surface area contributed by atoms with Gasteiger partial charge in [-0.25, -0.2) is 4.98 Å². The van der Waals surface area contributed by atoms with Crippen LogP contribution in [0.3, 0.4) is 0 Å². The van der Waals surface area contributed by atoms with E-state index < -0.39 is 0 Å². The molecule has 0 unspecified atom stereocenters. The number of amides is 1. The quantitative estimate of drug-likeness (QED) is 0.363. The Morgan fingerprint density at radius 1 is 1.12 bits per heavy atom. The molecule has 34 heavy (non-hydrogen) atoms. The average molecular weight is 523 g/mol. The summed E-state index contributed by atoms with van der Waals surface area (Å²) in [5, 5.41) is 27.3. The summed E-state index contributed by atoms with van der Waals surface area (Å²) in [6, 6.07) is 9.90. The summed E-state index contributed by atoms with van der Waals surface area (Å²) in [4.78, 5) is 23.6. The molecule has 0 saturated carbocycles. The van der Waals surface area contributed by atoms with Crippen LogP contribution in [0.25, 0.3) is 5.65 Å². The molecule has 0 atom stereocenters. The molecule has 4 heterocycles. The minimum atomic E-state index is -0.203. The van der Waals surface area contributed by atoms with Gasteiger partial charge < -0.3 is 20.4 Å². The van der Waals surface area contributed by atoms with Crippen molar-refractivity contribution in [3.8, 4) is 11.5 Å². The van der Waals surface area contributed by atoms with Crippen LogP contribution in [0.2, 0.25) is 0 Å². The van der Waals surface area contributed by atoms with Gasteiger partial charge in [-0.05, 0) is 52.5 Å². The Bertz CT molecular complexity index is 1320. The Labute approximate surface area is 204 Å². The van der Waals surface area contributed by atoms with Crippen molar-refractivity contribution in [3.05, 3.63) is 76.3 Å². The van der Waals surface area contributed by atoms with Gasteiger partial charge in [-0.2, -0.15) is 9.61 Å². The zero-order valence-electron chi connectivity index (χ0n) is 18.2. The van der Waals surface area contributed by atoms with Crippen LogP contribution in [0.1, 0.15) is 40.4 Å². The van der Waals surface area contributed by atoms with E-state index in [1.165, 1.54) is 18.2 Å². The highest BCUT2D eigenvalue weighted by molar-refractivity contribution is 9.10. The van der Waals surface area contributed by atoms with Gasteiger partial charge >= 0.3 is 0 Å². The first-order chi connectivity index (χ1) is 16.5. The molecule has 1 fully saturated rings. The van der Waals surface area contributed by atoms with Gasteiger partial charge in [0.25, 0.3) is 5.91 Å². The van der Waals surface area contributed by atoms with E-state index in [0.29, 0.717) is 19.6 Å². The van der Waals surface area contributed by atoms with Gasteiger partial charge in [0, 0.05) is 61.3 Å². The van der Waals surface area contributed by atoms with Gasteiger partial charge in [0.05, 0.1) is 10.7 Å². The highest BCUT2D eigenvalue weighted by atomic mass is 79.9. The smallest absolute Gasteiger partial charge is 0.254 e. The zero-order valence-corrected chi connectivity index (χ0v) is 19.8. The van der Waals surface area contributed by atoms with E-state index in [0.717, 1.165) is 40.0 Å². The topological polar surface area (TPSA) is 116 Å². The van der Waals surface area contributed by atoms with Gasteiger partial charge in [-0.3, -0.25) is 9.78 Å². The van der Waals surface area contributed by atoms with Crippen LogP contribution in [0.15, 0.2) is 59.5 Å². The molecule has 9 nitrogen and oxygen atoms in total. The number of phenolic OH excluding ortho intramolecular Hbond substituents is 2. The minimum absolute atomic E-state index is 0.131. The monoisotopic (exact) mass is 522 g/mol. The van der Waals surface area contributed by atoms with Crippen LogP contribution >= 0.6 is 15.9 Å². The van der Waals surface area contributed by atoms with Crippen LogP contribution in [-0.2, 0) is 6.54 Å². The van der Waals surface area contributed by atoms with Crippen molar-refractivity contribution in [3.63, 3.8) is 0 Å². The molecule has 3 aromatic heterocycles. The molecule has 1 aliphatic rings. The van der Waals surface area contributed by atoms with Crippen LogP contribution in [0.4, 0.5) is 5.82 Å². The first-order valence-electron chi connectivity index (χ1n) is 11.0. The first-order valence-corrected chi connectivity index (χ1v) is 11.8. The number of fused-ring (bicyclic) bond motifs is 1. The number of rotatable bonds is 5. The van der Waals surface area contributed by atoms with Crippen molar-refractivity contribution in [2.24, 2.45) is 0 Å². The Balaban J connectivity index is 1.33. The van der Waals surface area contributed by atoms with Crippen molar-refractivity contribution in [1.82, 2.24) is 24.5 Å². The third-order valence-electron chi connectivity index (χ3n) is 5.99. The van der Waals surface area contributed by atoms with Crippen LogP contribution in [-0.4, -0.2) is 53.7 Å². The summed E-state index contributed by atoms with van der Waals surface area (Å²) in [7, 11) is 0. The fourth-order valence-electron chi connectivity index (χ4n) is 4.26. The van der Waals surface area contributed by atoms with Gasteiger partial charge in [0.1, 0.15) is 17.3 Å². The molecule has 1 saturated heterocycles. The summed E-state index contributed by atoms with van der Waals surface area (Å²) < 4.78 is 2.59. The van der Waals surface area contributed by atoms with Crippen LogP contribution in [0, 0.1) is 0 Å². The fourth-order valence-corrected chi connectivity index (χ4v) is 4.61. The molecular formula is C24H23BrN6O3. The van der Waals surface area contributed by atoms with Gasteiger partial charge in [-0.15, -0.1) is 0 Å². The normalized spacial score (nSPS) is 14.4. The molecule has 0 radical (unpaired) electrons. The molecule has 5 rings (SSSR count). The SMILES string of the molecule is O=C(c1cc(O)cc(O)c1)N1CCC(c2cc(NCc3cccnc3)n3ncc(Br)c3n2)CC1. The number of pyridine rings is 1. The molecule has 0 bridgehead atoms. The minimum Gasteiger partial charge on any atom is -0.508 e. The lowest BCUT2D eigenvalue weighted by Crippen LogP contribution is -2.38. The van der Waals surface area contributed by atoms with Crippen molar-refractivity contribution in [2.45, 2.75) is 25.3 Å². The van der Waals surface area contributed by atoms with Crippen molar-refractivity contribution in [1.29, 1.82) is 0 Å². The predicted octanol–water partition coefficient (Wildman–Crippen LogP) is 3.93. The molecule has 4 aromatic rings. The number of likely N-dealkylation sites (tertiary alicyclic amines) is 1. The number of nitrogens with one attached hydrogen (secondary N) is 1. The Hall–Kier alpha value is -3.66. The third-order valence-corrected chi connectivity index (χ3v) is 6.55. The van der Waals surface area contributed by atoms with E-state index in [4.69, 9.17) is 4.98 Å². The molecule has 174 valence electrons. The highest BCUT2D eigenvalue weighted by Gasteiger charge is 2.27. The molecule has 1 aliphatic heterocycles. The number of carbonyl (C=O) groups is 1. The van der Waals surface area contributed by atoms with E-state index in [1.54, 1.807) is 21.8 Å². The van der Waals surface area contributed by atoms with Gasteiger partial charge in [0.15, 0.2) is 5.65 Å². The lowest BCUT2D eigenvalue weighted by atomic mass is 9.92. The van der Waals surface area contributed by atoms with E-state index >= 15 is 0 Å². The number of phenols is 2. The summed E-state index contributed by atoms with van der Waals surface area (Å²) in [6.45, 7) is 1.73. The second-order valence-electron chi connectivity index (χ2n) is 8.31. The molecular weight excluding hydrogens is 500 g/mol. The van der Waals surface area contributed by atoms with Crippen molar-refractivity contribution >= 4 is 33.3 Å². The van der Waals surface area contributed by atoms with E-state index in [2.05, 4.69) is 31.3 Å². The van der Waals surface area contributed by atoms with E-state index in [-0.39, 0.29) is 28.9 Å². The average Bonchev–Trinajstić information content (AvgIpc) is 3.23. The summed E-state index contributed by atoms with van der Waals surface area (Å²) in [5.74, 6) is 0.558. The largest absolute Gasteiger partial charge is 0.508 e. The molecule has 1 amide bonds. The number of anilines is 1. The molecule has 10 heteroatoms. The van der Waals surface area contributed by atoms with Gasteiger partial charge in [0.2, 0.25) is 0 Å². The second kappa shape index (κ2) is 9.30. The number of nitrogens with zero attached hydrogens (tertiary/aromatic N) is 5. The standard InChI is InChI=1S/C24H23BrN6O3/c25-20-14-28-31-22(27-13-15-2-1-5-26-12-15)11-21(29-23(20)31)16-3-6-30(7-4-16)24(34)17-8-18(32)10-19(33)9-17/h1-2,5,8-12,14,16,27,32-33H,3-4,6-7,13H2. The van der Waals surface area contributed by atoms with Crippen molar-refractivity contribution in [2.75, 3.05) is 18.4 Å². The van der Waals surface area contributed by atoms with Crippen LogP contribution in [0.5, 0.6) is 11.5 Å². The molecule has 1 aromatic carbocycles. The number of hydrogen-bond acceptors (Lipinski definition) is 7. The third kappa shape index (κ3) is 4.54. The Kier molecular flexibility index (Phi) is 6.06. The fraction of sp³-hybridized carbons (Fsp3) is 0.250. The Morgan fingerprint density at radius 3 is 2.59 bits per heavy atom. The predicted molar refractivity (Wildman–Crippen MR) is 130 cm³/mol. The number of aromatic hydroxyl groups is 2. The molecule has 0 spiro atoms. The lowest BCUT2D eigenvalue weighted by molar-refractivity contribution is 0.0711. The molecule has 3 N–H and O–H groups in total. The van der Waals surface area contributed by atoms with Gasteiger partial charge in [-0.1, -0.05) is 6.07 Å². The van der Waals surface area contributed by atoms with Crippen molar-refractivity contribution < 1.29 is 15.0 Å². The number of benzene rings is 1. The zero-order chi connectivity index (χ0) is 23.7. The van der Waals surface area contributed by atoms with Crippen LogP contribution < -0.4 is 5.32 Å². The molecule has 0 aliphatic carbocycles. The maximum absolute atomic E-state index is 12.9. The Morgan fingerprint density at radius 2 is 1.88 bits per heavy atom. The first kappa shape index (κ1) is 22.1. The van der Waals surface area contributed by atoms with E-state index in [1.807, 2.05) is 24.4 Å². The van der Waals surface area contributed by atoms with E-state index in [9.17, 15) is 15.0 Å². The highest BCUT2D eigenvalue weighted by Crippen LogP contribution is 2.31. The second-order valence-corrected chi connectivity index (χ2v) is 9.17.